The summed E-state index contributed by atoms with van der Waals surface area (Å²) in [7, 11) is 0. The maximum atomic E-state index is 13.5. The van der Waals surface area contributed by atoms with Crippen molar-refractivity contribution < 1.29 is 19.1 Å². The monoisotopic (exact) mass is 857 g/mol. The number of nitrogens with two attached hydrogens (primary N) is 1. The summed E-state index contributed by atoms with van der Waals surface area (Å²) in [6.45, 7) is 13.5. The fraction of sp³-hybridized carbons (Fsp3) is 0.340. The van der Waals surface area contributed by atoms with Crippen LogP contribution < -0.4 is 11.1 Å². The van der Waals surface area contributed by atoms with Crippen LogP contribution in [0.2, 0.25) is 0 Å². The number of aromatic nitrogens is 4. The summed E-state index contributed by atoms with van der Waals surface area (Å²) in [5.41, 5.74) is 12.8. The molecule has 2 aliphatic heterocycles. The molecule has 2 aliphatic rings. The van der Waals surface area contributed by atoms with Crippen molar-refractivity contribution in [1.29, 1.82) is 0 Å². The number of ketones is 1. The molecule has 7 aromatic rings. The molecule has 64 heavy (non-hydrogen) atoms. The molecule has 2 amide bonds. The van der Waals surface area contributed by atoms with Crippen LogP contribution in [0, 0.1) is 0 Å². The van der Waals surface area contributed by atoms with Gasteiger partial charge in [0.2, 0.25) is 0 Å². The van der Waals surface area contributed by atoms with Crippen molar-refractivity contribution in [1.82, 2.24) is 29.8 Å². The highest BCUT2D eigenvalue weighted by Gasteiger charge is 2.29. The molecule has 11 nitrogen and oxygen atoms in total. The molecule has 0 saturated carbocycles. The standard InChI is InChI=1S/C34H39N3O3.C19H20N4O/c1-33(2,3)40-32(39)36-20-10-12-25(22-36)24-16-18-28(19-17-24)37-23-26-11-9-15-29(31(26)35-37)30(38)21-34(4,5)27-13-7-6-8-14-27;20-19(24)17-5-1-3-15-12-23(22-18(15)17)16-8-6-13(7-9-16)14-4-2-10-21-11-14/h6-9,11,13-19,23,25H,10,12,20-22H2,1-5H3;1,3,5-9,12,14,21H,2,4,10-11H2,(H2,20,24). The van der Waals surface area contributed by atoms with Crippen LogP contribution in [0.3, 0.4) is 0 Å². The van der Waals surface area contributed by atoms with Crippen LogP contribution >= 0.6 is 0 Å². The largest absolute Gasteiger partial charge is 0.444 e. The predicted octanol–water partition coefficient (Wildman–Crippen LogP) is 10.3. The zero-order valence-electron chi connectivity index (χ0n) is 37.6. The second kappa shape index (κ2) is 18.6. The van der Waals surface area contributed by atoms with Crippen LogP contribution in [0.4, 0.5) is 4.79 Å². The molecular weight excluding hydrogens is 799 g/mol. The van der Waals surface area contributed by atoms with E-state index in [0.29, 0.717) is 35.5 Å². The predicted molar refractivity (Wildman–Crippen MR) is 254 cm³/mol. The fourth-order valence-corrected chi connectivity index (χ4v) is 8.94. The van der Waals surface area contributed by atoms with E-state index in [1.807, 2.05) is 91.3 Å². The molecule has 0 bridgehead atoms. The fourth-order valence-electron chi connectivity index (χ4n) is 8.94. The first-order valence-corrected chi connectivity index (χ1v) is 22.5. The van der Waals surface area contributed by atoms with Crippen molar-refractivity contribution >= 4 is 39.6 Å². The lowest BCUT2D eigenvalue weighted by molar-refractivity contribution is 0.0198. The van der Waals surface area contributed by atoms with E-state index in [1.54, 1.807) is 10.7 Å². The quantitative estimate of drug-likeness (QED) is 0.138. The summed E-state index contributed by atoms with van der Waals surface area (Å²) in [6.07, 6.45) is 8.53. The van der Waals surface area contributed by atoms with Crippen LogP contribution in [0.1, 0.15) is 116 Å². The Balaban J connectivity index is 0.000000198. The summed E-state index contributed by atoms with van der Waals surface area (Å²) in [5.74, 6) is 0.494. The van der Waals surface area contributed by atoms with E-state index in [-0.39, 0.29) is 23.2 Å². The first-order chi connectivity index (χ1) is 30.7. The molecule has 2 saturated heterocycles. The smallest absolute Gasteiger partial charge is 0.410 e. The Labute approximate surface area is 375 Å². The zero-order valence-corrected chi connectivity index (χ0v) is 37.6. The molecule has 3 N–H and O–H groups in total. The number of nitrogens with zero attached hydrogens (tertiary/aromatic N) is 5. The van der Waals surface area contributed by atoms with Gasteiger partial charge in [0.15, 0.2) is 5.78 Å². The summed E-state index contributed by atoms with van der Waals surface area (Å²) in [6, 6.07) is 38.4. The van der Waals surface area contributed by atoms with Gasteiger partial charge in [-0.1, -0.05) is 92.7 Å². The number of carbonyl (C=O) groups excluding carboxylic acids is 3. The van der Waals surface area contributed by atoms with E-state index in [9.17, 15) is 14.4 Å². The lowest BCUT2D eigenvalue weighted by Crippen LogP contribution is -2.42. The number of nitrogens with one attached hydrogen (secondary N) is 1. The van der Waals surface area contributed by atoms with Gasteiger partial charge in [-0.2, -0.15) is 10.2 Å². The molecule has 11 heteroatoms. The molecule has 4 heterocycles. The number of fused-ring (bicyclic) bond motifs is 2. The normalized spacial score (nSPS) is 16.9. The van der Waals surface area contributed by atoms with Crippen LogP contribution in [-0.2, 0) is 10.2 Å². The molecule has 5 aromatic carbocycles. The Morgan fingerprint density at radius 2 is 1.25 bits per heavy atom. The lowest BCUT2D eigenvalue weighted by atomic mass is 9.79. The van der Waals surface area contributed by atoms with Crippen LogP contribution in [0.25, 0.3) is 33.2 Å². The third-order valence-electron chi connectivity index (χ3n) is 12.4. The lowest BCUT2D eigenvalue weighted by Gasteiger charge is -2.34. The van der Waals surface area contributed by atoms with Gasteiger partial charge in [0.1, 0.15) is 16.6 Å². The molecule has 2 aromatic heterocycles. The highest BCUT2D eigenvalue weighted by Crippen LogP contribution is 2.32. The van der Waals surface area contributed by atoms with E-state index in [1.165, 1.54) is 24.0 Å². The van der Waals surface area contributed by atoms with Gasteiger partial charge in [0, 0.05) is 60.7 Å². The van der Waals surface area contributed by atoms with Gasteiger partial charge in [0.25, 0.3) is 5.91 Å². The van der Waals surface area contributed by atoms with Crippen molar-refractivity contribution in [2.24, 2.45) is 5.73 Å². The van der Waals surface area contributed by atoms with E-state index in [2.05, 4.69) is 84.9 Å². The second-order valence-electron chi connectivity index (χ2n) is 18.8. The molecule has 2 fully saturated rings. The third-order valence-corrected chi connectivity index (χ3v) is 12.4. The van der Waals surface area contributed by atoms with Crippen molar-refractivity contribution in [2.75, 3.05) is 26.2 Å². The molecule has 0 aliphatic carbocycles. The second-order valence-corrected chi connectivity index (χ2v) is 18.8. The minimum Gasteiger partial charge on any atom is -0.444 e. The Morgan fingerprint density at radius 1 is 0.688 bits per heavy atom. The maximum absolute atomic E-state index is 13.5. The van der Waals surface area contributed by atoms with Crippen LogP contribution in [-0.4, -0.2) is 74.0 Å². The maximum Gasteiger partial charge on any atom is 0.410 e. The number of carbonyl (C=O) groups is 3. The number of likely N-dealkylation sites (tertiary alicyclic amines) is 1. The number of primary amides is 1. The first-order valence-electron chi connectivity index (χ1n) is 22.5. The summed E-state index contributed by atoms with van der Waals surface area (Å²) in [4.78, 5) is 39.5. The highest BCUT2D eigenvalue weighted by atomic mass is 16.6. The minimum absolute atomic E-state index is 0.0897. The number of hydrogen-bond acceptors (Lipinski definition) is 7. The Morgan fingerprint density at radius 3 is 1.81 bits per heavy atom. The Bertz CT molecular complexity index is 2740. The van der Waals surface area contributed by atoms with Gasteiger partial charge >= 0.3 is 6.09 Å². The Kier molecular flexibility index (Phi) is 12.8. The van der Waals surface area contributed by atoms with Gasteiger partial charge in [0.05, 0.1) is 16.9 Å². The van der Waals surface area contributed by atoms with Crippen LogP contribution in [0.5, 0.6) is 0 Å². The number of piperidine rings is 2. The minimum atomic E-state index is -0.498. The van der Waals surface area contributed by atoms with Gasteiger partial charge in [-0.3, -0.25) is 9.59 Å². The van der Waals surface area contributed by atoms with Gasteiger partial charge in [-0.05, 0) is 117 Å². The van der Waals surface area contributed by atoms with Crippen molar-refractivity contribution in [3.8, 4) is 11.4 Å². The SMILES string of the molecule is CC(C)(C)OC(=O)N1CCCC(c2ccc(-n3cc4cccc(C(=O)CC(C)(C)c5ccccc5)c4n3)cc2)C1.NC(=O)c1cccc2cn(-c3ccc(C4CCCNC4)cc3)nc12. The Hall–Kier alpha value is -6.59. The molecule has 330 valence electrons. The highest BCUT2D eigenvalue weighted by molar-refractivity contribution is 6.07. The van der Waals surface area contributed by atoms with E-state index in [4.69, 9.17) is 15.6 Å². The zero-order chi connectivity index (χ0) is 45.0. The van der Waals surface area contributed by atoms with Crippen LogP contribution in [0.15, 0.2) is 128 Å². The summed E-state index contributed by atoms with van der Waals surface area (Å²) < 4.78 is 9.25. The van der Waals surface area contributed by atoms with Crippen molar-refractivity contribution in [2.45, 2.75) is 89.6 Å². The number of benzene rings is 5. The molecule has 2 unspecified atom stereocenters. The number of hydrogen-bond donors (Lipinski definition) is 2. The van der Waals surface area contributed by atoms with Gasteiger partial charge < -0.3 is 20.7 Å². The number of ether oxygens (including phenoxy) is 1. The number of amides is 2. The van der Waals surface area contributed by atoms with Crippen molar-refractivity contribution in [3.63, 3.8) is 0 Å². The third kappa shape index (κ3) is 10.1. The molecule has 0 spiro atoms. The first kappa shape index (κ1) is 44.0. The van der Waals surface area contributed by atoms with E-state index >= 15 is 0 Å². The average molecular weight is 858 g/mol. The molecule has 0 radical (unpaired) electrons. The molecule has 9 rings (SSSR count). The number of rotatable bonds is 9. The van der Waals surface area contributed by atoms with Gasteiger partial charge in [-0.25, -0.2) is 14.2 Å². The summed E-state index contributed by atoms with van der Waals surface area (Å²) in [5, 5.41) is 14.7. The molecule has 2 atom stereocenters. The topological polar surface area (TPSA) is 137 Å². The average Bonchev–Trinajstić information content (AvgIpc) is 3.95. The molecular formula is C53H59N7O4. The van der Waals surface area contributed by atoms with Crippen molar-refractivity contribution in [3.05, 3.63) is 155 Å². The van der Waals surface area contributed by atoms with E-state index in [0.717, 1.165) is 65.7 Å². The number of Topliss-reactive ketones (excluding diaryl/α,β-unsaturated/α-hetero) is 1. The van der Waals surface area contributed by atoms with Gasteiger partial charge in [-0.15, -0.1) is 0 Å². The summed E-state index contributed by atoms with van der Waals surface area (Å²) >= 11 is 0. The van der Waals surface area contributed by atoms with E-state index < -0.39 is 11.5 Å².